The summed E-state index contributed by atoms with van der Waals surface area (Å²) in [5.74, 6) is 3.07. The van der Waals surface area contributed by atoms with Crippen LogP contribution in [-0.2, 0) is 0 Å². The molecular weight excluding hydrogens is 334 g/mol. The van der Waals surface area contributed by atoms with Gasteiger partial charge in [0.05, 0.1) is 18.5 Å². The van der Waals surface area contributed by atoms with Crippen molar-refractivity contribution >= 4 is 23.1 Å². The fourth-order valence-corrected chi connectivity index (χ4v) is 2.51. The van der Waals surface area contributed by atoms with Crippen molar-refractivity contribution in [3.8, 4) is 17.2 Å². The molecule has 2 heterocycles. The topological polar surface area (TPSA) is 90.4 Å². The molecule has 3 aromatic rings. The summed E-state index contributed by atoms with van der Waals surface area (Å²) < 4.78 is 16.3. The molecule has 1 aliphatic heterocycles. The van der Waals surface area contributed by atoms with E-state index in [2.05, 4.69) is 25.8 Å². The Hall–Kier alpha value is -3.55. The van der Waals surface area contributed by atoms with Gasteiger partial charge >= 0.3 is 0 Å². The van der Waals surface area contributed by atoms with E-state index >= 15 is 0 Å². The van der Waals surface area contributed by atoms with E-state index in [1.54, 1.807) is 6.20 Å². The summed E-state index contributed by atoms with van der Waals surface area (Å²) >= 11 is 0. The Morgan fingerprint density at radius 3 is 2.88 bits per heavy atom. The molecule has 0 fully saturated rings. The summed E-state index contributed by atoms with van der Waals surface area (Å²) in [4.78, 5) is 4.43. The molecule has 4 rings (SSSR count). The molecular formula is C18H17N5O3. The van der Waals surface area contributed by atoms with E-state index in [9.17, 15) is 0 Å². The van der Waals surface area contributed by atoms with Crippen LogP contribution < -0.4 is 24.8 Å². The van der Waals surface area contributed by atoms with Gasteiger partial charge in [0.15, 0.2) is 17.3 Å². The number of benzene rings is 2. The Balaban J connectivity index is 1.52. The summed E-state index contributed by atoms with van der Waals surface area (Å²) in [7, 11) is 0. The molecule has 1 aromatic heterocycles. The van der Waals surface area contributed by atoms with Crippen molar-refractivity contribution in [3.05, 3.63) is 48.7 Å². The van der Waals surface area contributed by atoms with Crippen molar-refractivity contribution in [2.24, 2.45) is 0 Å². The number of nitrogens with one attached hydrogen (secondary N) is 2. The normalized spacial score (nSPS) is 11.9. The number of hydrogen-bond acceptors (Lipinski definition) is 8. The third-order valence-electron chi connectivity index (χ3n) is 3.64. The van der Waals surface area contributed by atoms with Crippen molar-refractivity contribution in [2.45, 2.75) is 6.92 Å². The van der Waals surface area contributed by atoms with Gasteiger partial charge < -0.3 is 24.8 Å². The highest BCUT2D eigenvalue weighted by Crippen LogP contribution is 2.34. The van der Waals surface area contributed by atoms with Crippen LogP contribution in [0, 0.1) is 0 Å². The highest BCUT2D eigenvalue weighted by molar-refractivity contribution is 5.65. The van der Waals surface area contributed by atoms with Gasteiger partial charge in [-0.05, 0) is 31.2 Å². The molecule has 0 unspecified atom stereocenters. The van der Waals surface area contributed by atoms with Crippen LogP contribution in [0.2, 0.25) is 0 Å². The van der Waals surface area contributed by atoms with E-state index in [1.807, 2.05) is 49.4 Å². The zero-order valence-corrected chi connectivity index (χ0v) is 14.1. The van der Waals surface area contributed by atoms with E-state index in [4.69, 9.17) is 14.2 Å². The summed E-state index contributed by atoms with van der Waals surface area (Å²) in [6.07, 6.45) is 1.55. The Bertz CT molecular complexity index is 919. The molecule has 132 valence electrons. The van der Waals surface area contributed by atoms with Crippen LogP contribution in [0.4, 0.5) is 23.1 Å². The minimum absolute atomic E-state index is 0.232. The van der Waals surface area contributed by atoms with Crippen LogP contribution in [0.5, 0.6) is 17.2 Å². The van der Waals surface area contributed by atoms with Crippen molar-refractivity contribution in [3.63, 3.8) is 0 Å². The quantitative estimate of drug-likeness (QED) is 0.697. The predicted molar refractivity (Wildman–Crippen MR) is 96.6 cm³/mol. The van der Waals surface area contributed by atoms with E-state index in [-0.39, 0.29) is 6.79 Å². The van der Waals surface area contributed by atoms with Crippen molar-refractivity contribution in [1.29, 1.82) is 0 Å². The van der Waals surface area contributed by atoms with Crippen molar-refractivity contribution in [2.75, 3.05) is 24.0 Å². The lowest BCUT2D eigenvalue weighted by molar-refractivity contribution is 0.174. The van der Waals surface area contributed by atoms with Crippen molar-refractivity contribution in [1.82, 2.24) is 15.2 Å². The molecule has 2 aromatic carbocycles. The molecule has 26 heavy (non-hydrogen) atoms. The van der Waals surface area contributed by atoms with Gasteiger partial charge in [0.2, 0.25) is 12.7 Å². The molecule has 2 N–H and O–H groups in total. The van der Waals surface area contributed by atoms with Gasteiger partial charge in [-0.25, -0.2) is 0 Å². The number of anilines is 4. The first-order valence-electron chi connectivity index (χ1n) is 8.17. The lowest BCUT2D eigenvalue weighted by Crippen LogP contribution is -2.03. The number of para-hydroxylation sites is 2. The van der Waals surface area contributed by atoms with Crippen LogP contribution in [0.15, 0.2) is 48.7 Å². The first kappa shape index (κ1) is 15.9. The lowest BCUT2D eigenvalue weighted by Gasteiger charge is -2.12. The van der Waals surface area contributed by atoms with E-state index < -0.39 is 0 Å². The summed E-state index contributed by atoms with van der Waals surface area (Å²) in [5.41, 5.74) is 1.59. The fourth-order valence-electron chi connectivity index (χ4n) is 2.51. The van der Waals surface area contributed by atoms with Crippen LogP contribution in [-0.4, -0.2) is 28.6 Å². The maximum absolute atomic E-state index is 5.61. The number of fused-ring (bicyclic) bond motifs is 1. The van der Waals surface area contributed by atoms with Gasteiger partial charge in [0.25, 0.3) is 0 Å². The molecule has 0 aliphatic carbocycles. The number of hydrogen-bond donors (Lipinski definition) is 2. The number of aromatic nitrogens is 3. The van der Waals surface area contributed by atoms with Crippen molar-refractivity contribution < 1.29 is 14.2 Å². The maximum Gasteiger partial charge on any atom is 0.249 e. The van der Waals surface area contributed by atoms with E-state index in [1.165, 1.54) is 0 Å². The second-order valence-corrected chi connectivity index (χ2v) is 5.41. The first-order valence-corrected chi connectivity index (χ1v) is 8.17. The average molecular weight is 351 g/mol. The summed E-state index contributed by atoms with van der Waals surface area (Å²) in [5, 5.41) is 14.3. The van der Waals surface area contributed by atoms with Gasteiger partial charge in [-0.3, -0.25) is 0 Å². The SMILES string of the molecule is CCOc1ccccc1Nc1cnnc(Nc2ccc3c(c2)OCO3)n1. The van der Waals surface area contributed by atoms with Crippen LogP contribution >= 0.6 is 0 Å². The molecule has 0 atom stereocenters. The molecule has 0 saturated heterocycles. The number of rotatable bonds is 6. The van der Waals surface area contributed by atoms with E-state index in [0.717, 1.165) is 22.9 Å². The Morgan fingerprint density at radius 2 is 1.96 bits per heavy atom. The van der Waals surface area contributed by atoms with Gasteiger partial charge in [0, 0.05) is 11.8 Å². The molecule has 0 spiro atoms. The minimum atomic E-state index is 0.232. The largest absolute Gasteiger partial charge is 0.492 e. The van der Waals surface area contributed by atoms with Crippen LogP contribution in [0.3, 0.4) is 0 Å². The first-order chi connectivity index (χ1) is 12.8. The number of ether oxygens (including phenoxy) is 3. The van der Waals surface area contributed by atoms with Gasteiger partial charge in [-0.1, -0.05) is 12.1 Å². The van der Waals surface area contributed by atoms with Gasteiger partial charge in [-0.15, -0.1) is 5.10 Å². The molecule has 0 bridgehead atoms. The molecule has 0 radical (unpaired) electrons. The zero-order valence-electron chi connectivity index (χ0n) is 14.1. The molecule has 1 aliphatic rings. The second-order valence-electron chi connectivity index (χ2n) is 5.41. The standard InChI is InChI=1S/C18H17N5O3/c1-2-24-14-6-4-3-5-13(14)21-17-10-19-23-18(22-17)20-12-7-8-15-16(9-12)26-11-25-15/h3-10H,2,11H2,1H3,(H2,20,21,22,23). The molecule has 0 amide bonds. The van der Waals surface area contributed by atoms with Gasteiger partial charge in [-0.2, -0.15) is 10.1 Å². The zero-order chi connectivity index (χ0) is 17.8. The Labute approximate surface area is 150 Å². The lowest BCUT2D eigenvalue weighted by atomic mass is 10.3. The highest BCUT2D eigenvalue weighted by Gasteiger charge is 2.14. The molecule has 8 heteroatoms. The summed E-state index contributed by atoms with van der Waals surface area (Å²) in [6.45, 7) is 2.75. The van der Waals surface area contributed by atoms with Crippen LogP contribution in [0.25, 0.3) is 0 Å². The Morgan fingerprint density at radius 1 is 1.08 bits per heavy atom. The van der Waals surface area contributed by atoms with Crippen LogP contribution in [0.1, 0.15) is 6.92 Å². The minimum Gasteiger partial charge on any atom is -0.492 e. The number of nitrogens with zero attached hydrogens (tertiary/aromatic N) is 3. The third-order valence-corrected chi connectivity index (χ3v) is 3.64. The fraction of sp³-hybridized carbons (Fsp3) is 0.167. The highest BCUT2D eigenvalue weighted by atomic mass is 16.7. The molecule has 8 nitrogen and oxygen atoms in total. The predicted octanol–water partition coefficient (Wildman–Crippen LogP) is 3.49. The maximum atomic E-state index is 5.61. The smallest absolute Gasteiger partial charge is 0.249 e. The third kappa shape index (κ3) is 3.44. The monoisotopic (exact) mass is 351 g/mol. The van der Waals surface area contributed by atoms with Gasteiger partial charge in [0.1, 0.15) is 5.75 Å². The Kier molecular flexibility index (Phi) is 4.38. The summed E-state index contributed by atoms with van der Waals surface area (Å²) in [6, 6.07) is 13.2. The second kappa shape index (κ2) is 7.14. The molecule has 0 saturated carbocycles. The average Bonchev–Trinajstić information content (AvgIpc) is 3.12. The van der Waals surface area contributed by atoms with E-state index in [0.29, 0.717) is 24.1 Å².